The summed E-state index contributed by atoms with van der Waals surface area (Å²) in [7, 11) is 0. The molecule has 1 aliphatic heterocycles. The van der Waals surface area contributed by atoms with Crippen molar-refractivity contribution in [3.05, 3.63) is 36.7 Å². The number of H-pyrrole nitrogens is 1. The number of anilines is 1. The molecule has 0 saturated carbocycles. The highest BCUT2D eigenvalue weighted by molar-refractivity contribution is 6.07. The van der Waals surface area contributed by atoms with Crippen LogP contribution in [-0.4, -0.2) is 36.1 Å². The highest BCUT2D eigenvalue weighted by Crippen LogP contribution is 2.28. The van der Waals surface area contributed by atoms with Crippen molar-refractivity contribution in [1.29, 1.82) is 0 Å². The van der Waals surface area contributed by atoms with Gasteiger partial charge in [-0.1, -0.05) is 0 Å². The van der Waals surface area contributed by atoms with Crippen molar-refractivity contribution in [3.63, 3.8) is 0 Å². The van der Waals surface area contributed by atoms with E-state index < -0.39 is 0 Å². The molecule has 0 aliphatic carbocycles. The number of hydrogen-bond donors (Lipinski definition) is 2. The fourth-order valence-corrected chi connectivity index (χ4v) is 2.85. The number of rotatable bonds is 1. The molecule has 1 saturated heterocycles. The second kappa shape index (κ2) is 4.24. The zero-order valence-electron chi connectivity index (χ0n) is 10.7. The van der Waals surface area contributed by atoms with Crippen LogP contribution in [0.3, 0.4) is 0 Å². The van der Waals surface area contributed by atoms with Gasteiger partial charge in [-0.25, -0.2) is 0 Å². The molecule has 96 valence electrons. The first-order valence-corrected chi connectivity index (χ1v) is 6.73. The highest BCUT2D eigenvalue weighted by atomic mass is 15.2. The molecule has 0 atom stereocenters. The second-order valence-electron chi connectivity index (χ2n) is 5.01. The number of piperazine rings is 1. The van der Waals surface area contributed by atoms with Crippen LogP contribution >= 0.6 is 0 Å². The Bertz CT molecular complexity index is 725. The van der Waals surface area contributed by atoms with Gasteiger partial charge in [0.05, 0.1) is 0 Å². The Labute approximate surface area is 111 Å². The third kappa shape index (κ3) is 1.76. The van der Waals surface area contributed by atoms with Crippen LogP contribution < -0.4 is 10.2 Å². The number of nitrogens with one attached hydrogen (secondary N) is 2. The van der Waals surface area contributed by atoms with Gasteiger partial charge >= 0.3 is 0 Å². The summed E-state index contributed by atoms with van der Waals surface area (Å²) >= 11 is 0. The number of aromatic amines is 1. The molecular formula is C15H16N4. The average molecular weight is 252 g/mol. The van der Waals surface area contributed by atoms with Gasteiger partial charge in [0, 0.05) is 66.1 Å². The van der Waals surface area contributed by atoms with Crippen LogP contribution in [0.2, 0.25) is 0 Å². The van der Waals surface area contributed by atoms with Crippen molar-refractivity contribution < 1.29 is 0 Å². The van der Waals surface area contributed by atoms with Crippen LogP contribution in [0, 0.1) is 0 Å². The molecule has 4 heteroatoms. The lowest BCUT2D eigenvalue weighted by atomic mass is 10.1. The lowest BCUT2D eigenvalue weighted by molar-refractivity contribution is 0.589. The minimum atomic E-state index is 1.06. The normalized spacial score (nSPS) is 16.3. The molecule has 0 bridgehead atoms. The van der Waals surface area contributed by atoms with Gasteiger partial charge in [0.1, 0.15) is 0 Å². The van der Waals surface area contributed by atoms with Gasteiger partial charge in [0.25, 0.3) is 0 Å². The first kappa shape index (κ1) is 10.8. The Hall–Kier alpha value is -2.07. The quantitative estimate of drug-likeness (QED) is 0.697. The maximum atomic E-state index is 4.23. The zero-order valence-corrected chi connectivity index (χ0v) is 10.7. The van der Waals surface area contributed by atoms with Crippen LogP contribution in [0.5, 0.6) is 0 Å². The van der Waals surface area contributed by atoms with Gasteiger partial charge in [-0.2, -0.15) is 0 Å². The molecule has 0 spiro atoms. The zero-order chi connectivity index (χ0) is 12.7. The van der Waals surface area contributed by atoms with Crippen LogP contribution in [0.15, 0.2) is 36.7 Å². The third-order valence-corrected chi connectivity index (χ3v) is 3.87. The maximum absolute atomic E-state index is 4.23. The predicted molar refractivity (Wildman–Crippen MR) is 78.7 cm³/mol. The summed E-state index contributed by atoms with van der Waals surface area (Å²) in [5.74, 6) is 0. The lowest BCUT2D eigenvalue weighted by Crippen LogP contribution is -2.43. The van der Waals surface area contributed by atoms with Gasteiger partial charge in [0.2, 0.25) is 0 Å². The molecule has 0 amide bonds. The molecule has 0 radical (unpaired) electrons. The minimum Gasteiger partial charge on any atom is -0.369 e. The fourth-order valence-electron chi connectivity index (χ4n) is 2.85. The van der Waals surface area contributed by atoms with Gasteiger partial charge < -0.3 is 15.2 Å². The Morgan fingerprint density at radius 1 is 1.00 bits per heavy atom. The van der Waals surface area contributed by atoms with Gasteiger partial charge in [0.15, 0.2) is 0 Å². The average Bonchev–Trinajstić information content (AvgIpc) is 2.86. The van der Waals surface area contributed by atoms with Crippen LogP contribution in [-0.2, 0) is 0 Å². The van der Waals surface area contributed by atoms with Gasteiger partial charge in [-0.15, -0.1) is 0 Å². The first-order chi connectivity index (χ1) is 9.42. The van der Waals surface area contributed by atoms with E-state index in [2.05, 4.69) is 38.4 Å². The van der Waals surface area contributed by atoms with Crippen molar-refractivity contribution in [1.82, 2.24) is 15.3 Å². The van der Waals surface area contributed by atoms with Crippen molar-refractivity contribution in [2.24, 2.45) is 0 Å². The maximum Gasteiger partial charge on any atom is 0.0495 e. The monoisotopic (exact) mass is 252 g/mol. The number of nitrogens with zero attached hydrogens (tertiary/aromatic N) is 2. The van der Waals surface area contributed by atoms with Crippen molar-refractivity contribution in [2.45, 2.75) is 0 Å². The SMILES string of the molecule is c1cc2[nH]c3ccc(N4CCNCC4)cc3c2cn1. The van der Waals surface area contributed by atoms with Crippen molar-refractivity contribution in [3.8, 4) is 0 Å². The van der Waals surface area contributed by atoms with E-state index >= 15 is 0 Å². The van der Waals surface area contributed by atoms with Crippen LogP contribution in [0.4, 0.5) is 5.69 Å². The number of pyridine rings is 1. The minimum absolute atomic E-state index is 1.06. The Morgan fingerprint density at radius 2 is 1.84 bits per heavy atom. The lowest BCUT2D eigenvalue weighted by Gasteiger charge is -2.29. The summed E-state index contributed by atoms with van der Waals surface area (Å²) in [6.45, 7) is 4.28. The fraction of sp³-hybridized carbons (Fsp3) is 0.267. The first-order valence-electron chi connectivity index (χ1n) is 6.73. The molecule has 4 rings (SSSR count). The van der Waals surface area contributed by atoms with Gasteiger partial charge in [-0.05, 0) is 24.3 Å². The van der Waals surface area contributed by atoms with E-state index in [-0.39, 0.29) is 0 Å². The van der Waals surface area contributed by atoms with E-state index in [1.807, 2.05) is 18.5 Å². The number of aromatic nitrogens is 2. The summed E-state index contributed by atoms with van der Waals surface area (Å²) < 4.78 is 0. The van der Waals surface area contributed by atoms with E-state index in [1.54, 1.807) is 0 Å². The summed E-state index contributed by atoms with van der Waals surface area (Å²) in [5, 5.41) is 5.85. The van der Waals surface area contributed by atoms with Gasteiger partial charge in [-0.3, -0.25) is 4.98 Å². The summed E-state index contributed by atoms with van der Waals surface area (Å²) in [6.07, 6.45) is 3.77. The van der Waals surface area contributed by atoms with E-state index in [0.717, 1.165) is 31.7 Å². The Kier molecular flexibility index (Phi) is 2.42. The number of benzene rings is 1. The molecule has 2 aromatic heterocycles. The molecule has 3 aromatic rings. The van der Waals surface area contributed by atoms with Crippen molar-refractivity contribution >= 4 is 27.5 Å². The summed E-state index contributed by atoms with van der Waals surface area (Å²) in [4.78, 5) is 10.1. The van der Waals surface area contributed by atoms with E-state index in [4.69, 9.17) is 0 Å². The topological polar surface area (TPSA) is 44.0 Å². The standard InChI is InChI=1S/C15H16N4/c1-2-14-12(13-10-17-4-3-15(13)18-14)9-11(1)19-7-5-16-6-8-19/h1-4,9-10,16,18H,5-8H2. The smallest absolute Gasteiger partial charge is 0.0495 e. The molecule has 1 aromatic carbocycles. The van der Waals surface area contributed by atoms with Crippen LogP contribution in [0.25, 0.3) is 21.8 Å². The molecule has 4 nitrogen and oxygen atoms in total. The Balaban J connectivity index is 1.87. The van der Waals surface area contributed by atoms with E-state index in [0.29, 0.717) is 0 Å². The molecular weight excluding hydrogens is 236 g/mol. The van der Waals surface area contributed by atoms with E-state index in [1.165, 1.54) is 22.0 Å². The summed E-state index contributed by atoms with van der Waals surface area (Å²) in [5.41, 5.74) is 3.64. The summed E-state index contributed by atoms with van der Waals surface area (Å²) in [6, 6.07) is 8.68. The highest BCUT2D eigenvalue weighted by Gasteiger charge is 2.12. The number of fused-ring (bicyclic) bond motifs is 3. The van der Waals surface area contributed by atoms with Crippen LogP contribution in [0.1, 0.15) is 0 Å². The van der Waals surface area contributed by atoms with E-state index in [9.17, 15) is 0 Å². The predicted octanol–water partition coefficient (Wildman–Crippen LogP) is 2.13. The molecule has 0 unspecified atom stereocenters. The van der Waals surface area contributed by atoms with Crippen molar-refractivity contribution in [2.75, 3.05) is 31.1 Å². The molecule has 1 aliphatic rings. The molecule has 3 heterocycles. The molecule has 2 N–H and O–H groups in total. The second-order valence-corrected chi connectivity index (χ2v) is 5.01. The largest absolute Gasteiger partial charge is 0.369 e. The molecule has 1 fully saturated rings. The Morgan fingerprint density at radius 3 is 2.74 bits per heavy atom. The third-order valence-electron chi connectivity index (χ3n) is 3.87. The molecule has 19 heavy (non-hydrogen) atoms. The number of hydrogen-bond acceptors (Lipinski definition) is 3.